The van der Waals surface area contributed by atoms with E-state index in [0.717, 1.165) is 42.0 Å². The van der Waals surface area contributed by atoms with E-state index in [9.17, 15) is 0 Å². The number of unbranched alkanes of at least 4 members (excludes halogenated alkanes) is 1. The van der Waals surface area contributed by atoms with Gasteiger partial charge in [-0.1, -0.05) is 101 Å². The number of aryl methyl sites for hydroxylation is 2. The highest BCUT2D eigenvalue weighted by Crippen LogP contribution is 2.33. The van der Waals surface area contributed by atoms with Crippen LogP contribution in [0.15, 0.2) is 54.6 Å². The highest BCUT2D eigenvalue weighted by molar-refractivity contribution is 5.85. The van der Waals surface area contributed by atoms with E-state index >= 15 is 4.39 Å². The van der Waals surface area contributed by atoms with Gasteiger partial charge in [0.05, 0.1) is 5.56 Å². The fourth-order valence-corrected chi connectivity index (χ4v) is 5.17. The van der Waals surface area contributed by atoms with Gasteiger partial charge in [0.15, 0.2) is 0 Å². The van der Waals surface area contributed by atoms with E-state index in [2.05, 4.69) is 56.0 Å². The van der Waals surface area contributed by atoms with Crippen LogP contribution in [-0.4, -0.2) is 0 Å². The number of rotatable bonds is 7. The van der Waals surface area contributed by atoms with E-state index in [1.54, 1.807) is 0 Å². The summed E-state index contributed by atoms with van der Waals surface area (Å²) in [4.78, 5) is 0. The Morgan fingerprint density at radius 1 is 0.788 bits per heavy atom. The minimum atomic E-state index is -0.212. The van der Waals surface area contributed by atoms with E-state index < -0.39 is 0 Å². The van der Waals surface area contributed by atoms with Crippen molar-refractivity contribution in [1.82, 2.24) is 0 Å². The molecule has 3 aromatic carbocycles. The Kier molecular flexibility index (Phi) is 8.22. The predicted molar refractivity (Wildman–Crippen MR) is 139 cm³/mol. The lowest BCUT2D eigenvalue weighted by Crippen LogP contribution is -2.14. The largest absolute Gasteiger partial charge is 0.205 e. The first-order chi connectivity index (χ1) is 16.2. The summed E-state index contributed by atoms with van der Waals surface area (Å²) >= 11 is 0. The molecule has 0 amide bonds. The monoisotopic (exact) mass is 440 g/mol. The molecule has 1 fully saturated rings. The molecule has 0 aromatic heterocycles. The highest BCUT2D eigenvalue weighted by Gasteiger charge is 2.19. The molecule has 0 N–H and O–H groups in total. The third kappa shape index (κ3) is 6.26. The number of hydrogen-bond donors (Lipinski definition) is 0. The second kappa shape index (κ2) is 11.5. The zero-order valence-corrected chi connectivity index (χ0v) is 20.3. The molecule has 1 aliphatic carbocycles. The molecule has 0 atom stereocenters. The fourth-order valence-electron chi connectivity index (χ4n) is 5.17. The van der Waals surface area contributed by atoms with Gasteiger partial charge in [-0.05, 0) is 72.2 Å². The van der Waals surface area contributed by atoms with Gasteiger partial charge >= 0.3 is 0 Å². The molecule has 0 unspecified atom stereocenters. The molecular weight excluding hydrogens is 403 g/mol. The first-order valence-electron chi connectivity index (χ1n) is 13.0. The SMILES string of the molecule is CCCCc1ccc2c(F)c(C#Cc3ccc(CCC4CCC(CC)CC4)cc3)ccc2c1. The lowest BCUT2D eigenvalue weighted by atomic mass is 9.78. The van der Waals surface area contributed by atoms with E-state index in [-0.39, 0.29) is 5.82 Å². The first-order valence-corrected chi connectivity index (χ1v) is 13.0. The normalized spacial score (nSPS) is 18.2. The Hall–Kier alpha value is -2.59. The Labute approximate surface area is 199 Å². The standard InChI is InChI=1S/C32H37F/c1-3-5-6-28-18-22-31-30(23-28)21-20-29(32(31)33)19-17-27-15-13-26(14-16-27)12-11-25-9-7-24(4-2)8-10-25/h13-16,18,20-25H,3-12H2,1-2H3. The van der Waals surface area contributed by atoms with E-state index in [4.69, 9.17) is 0 Å². The topological polar surface area (TPSA) is 0 Å². The van der Waals surface area contributed by atoms with Crippen LogP contribution in [0, 0.1) is 29.5 Å². The molecule has 172 valence electrons. The molecule has 0 radical (unpaired) electrons. The number of fused-ring (bicyclic) bond motifs is 1. The van der Waals surface area contributed by atoms with Crippen molar-refractivity contribution in [1.29, 1.82) is 0 Å². The summed E-state index contributed by atoms with van der Waals surface area (Å²) in [5.41, 5.74) is 4.07. The van der Waals surface area contributed by atoms with Gasteiger partial charge in [0.2, 0.25) is 0 Å². The van der Waals surface area contributed by atoms with Crippen LogP contribution < -0.4 is 0 Å². The Bertz CT molecular complexity index is 1100. The Morgan fingerprint density at radius 3 is 2.24 bits per heavy atom. The van der Waals surface area contributed by atoms with E-state index in [1.165, 1.54) is 56.1 Å². The van der Waals surface area contributed by atoms with Gasteiger partial charge in [-0.2, -0.15) is 0 Å². The zero-order valence-electron chi connectivity index (χ0n) is 20.3. The molecule has 0 nitrogen and oxygen atoms in total. The van der Waals surface area contributed by atoms with Crippen LogP contribution in [0.3, 0.4) is 0 Å². The van der Waals surface area contributed by atoms with Crippen LogP contribution in [0.5, 0.6) is 0 Å². The molecule has 1 saturated carbocycles. The lowest BCUT2D eigenvalue weighted by molar-refractivity contribution is 0.259. The van der Waals surface area contributed by atoms with E-state index in [1.807, 2.05) is 24.3 Å². The van der Waals surface area contributed by atoms with Gasteiger partial charge in [0, 0.05) is 10.9 Å². The summed E-state index contributed by atoms with van der Waals surface area (Å²) in [5.74, 6) is 7.87. The number of hydrogen-bond acceptors (Lipinski definition) is 0. The Morgan fingerprint density at radius 2 is 1.52 bits per heavy atom. The smallest absolute Gasteiger partial charge is 0.146 e. The van der Waals surface area contributed by atoms with Gasteiger partial charge in [0.25, 0.3) is 0 Å². The second-order valence-corrected chi connectivity index (χ2v) is 9.87. The molecule has 0 bridgehead atoms. The number of benzene rings is 3. The second-order valence-electron chi connectivity index (χ2n) is 9.87. The molecule has 0 saturated heterocycles. The van der Waals surface area contributed by atoms with Crippen molar-refractivity contribution >= 4 is 10.8 Å². The quantitative estimate of drug-likeness (QED) is 0.322. The van der Waals surface area contributed by atoms with Crippen molar-refractivity contribution in [2.75, 3.05) is 0 Å². The molecule has 1 heteroatoms. The lowest BCUT2D eigenvalue weighted by Gasteiger charge is -2.27. The third-order valence-corrected chi connectivity index (χ3v) is 7.52. The summed E-state index contributed by atoms with van der Waals surface area (Å²) in [7, 11) is 0. The summed E-state index contributed by atoms with van der Waals surface area (Å²) in [5, 5.41) is 1.62. The van der Waals surface area contributed by atoms with Crippen LogP contribution in [-0.2, 0) is 12.8 Å². The summed E-state index contributed by atoms with van der Waals surface area (Å²) in [6.45, 7) is 4.52. The summed E-state index contributed by atoms with van der Waals surface area (Å²) in [6.07, 6.45) is 12.8. The van der Waals surface area contributed by atoms with Crippen molar-refractivity contribution < 1.29 is 4.39 Å². The van der Waals surface area contributed by atoms with Crippen molar-refractivity contribution in [3.8, 4) is 11.8 Å². The fraction of sp³-hybridized carbons (Fsp3) is 0.438. The van der Waals surface area contributed by atoms with Crippen LogP contribution in [0.25, 0.3) is 10.8 Å². The Balaban J connectivity index is 1.38. The van der Waals surface area contributed by atoms with Gasteiger partial charge in [-0.15, -0.1) is 0 Å². The zero-order chi connectivity index (χ0) is 23.0. The number of halogens is 1. The van der Waals surface area contributed by atoms with Crippen LogP contribution in [0.1, 0.15) is 87.5 Å². The summed E-state index contributed by atoms with van der Waals surface area (Å²) in [6, 6.07) is 18.4. The predicted octanol–water partition coefficient (Wildman–Crippen LogP) is 8.87. The molecule has 4 rings (SSSR count). The van der Waals surface area contributed by atoms with Crippen molar-refractivity contribution in [3.05, 3.63) is 82.7 Å². The minimum absolute atomic E-state index is 0.212. The average Bonchev–Trinajstić information content (AvgIpc) is 2.86. The molecule has 0 heterocycles. The van der Waals surface area contributed by atoms with Crippen molar-refractivity contribution in [2.24, 2.45) is 11.8 Å². The van der Waals surface area contributed by atoms with Gasteiger partial charge in [-0.25, -0.2) is 4.39 Å². The maximum atomic E-state index is 15.0. The maximum absolute atomic E-state index is 15.0. The molecule has 0 spiro atoms. The van der Waals surface area contributed by atoms with Gasteiger partial charge in [-0.3, -0.25) is 0 Å². The molecule has 33 heavy (non-hydrogen) atoms. The first kappa shape index (κ1) is 23.6. The van der Waals surface area contributed by atoms with Crippen LogP contribution in [0.2, 0.25) is 0 Å². The van der Waals surface area contributed by atoms with Crippen LogP contribution in [0.4, 0.5) is 4.39 Å². The minimum Gasteiger partial charge on any atom is -0.205 e. The average molecular weight is 441 g/mol. The summed E-state index contributed by atoms with van der Waals surface area (Å²) < 4.78 is 15.0. The molecule has 0 aliphatic heterocycles. The van der Waals surface area contributed by atoms with E-state index in [0.29, 0.717) is 10.9 Å². The van der Waals surface area contributed by atoms with Gasteiger partial charge in [0.1, 0.15) is 5.82 Å². The third-order valence-electron chi connectivity index (χ3n) is 7.52. The molecule has 1 aliphatic rings. The van der Waals surface area contributed by atoms with Crippen LogP contribution >= 0.6 is 0 Å². The van der Waals surface area contributed by atoms with Gasteiger partial charge < -0.3 is 0 Å². The maximum Gasteiger partial charge on any atom is 0.146 e. The highest BCUT2D eigenvalue weighted by atomic mass is 19.1. The van der Waals surface area contributed by atoms with Crippen molar-refractivity contribution in [3.63, 3.8) is 0 Å². The molecule has 3 aromatic rings. The molecular formula is C32H37F. The van der Waals surface area contributed by atoms with Crippen molar-refractivity contribution in [2.45, 2.75) is 78.1 Å².